The number of nitrogens with one attached hydrogen (secondary N) is 2. The second-order valence-corrected chi connectivity index (χ2v) is 8.32. The van der Waals surface area contributed by atoms with E-state index in [0.717, 1.165) is 43.5 Å². The van der Waals surface area contributed by atoms with Gasteiger partial charge in [0.25, 0.3) is 11.5 Å². The van der Waals surface area contributed by atoms with Gasteiger partial charge in [0, 0.05) is 18.8 Å². The molecule has 1 atom stereocenters. The van der Waals surface area contributed by atoms with E-state index >= 15 is 0 Å². The van der Waals surface area contributed by atoms with Crippen LogP contribution in [-0.4, -0.2) is 29.4 Å². The molecule has 31 heavy (non-hydrogen) atoms. The van der Waals surface area contributed by atoms with E-state index in [2.05, 4.69) is 39.5 Å². The Bertz CT molecular complexity index is 1090. The highest BCUT2D eigenvalue weighted by molar-refractivity contribution is 5.94. The minimum Gasteiger partial charge on any atom is -0.345 e. The van der Waals surface area contributed by atoms with Gasteiger partial charge >= 0.3 is 0 Å². The summed E-state index contributed by atoms with van der Waals surface area (Å²) in [5.74, 6) is -0.313. The van der Waals surface area contributed by atoms with Crippen molar-refractivity contribution in [2.75, 3.05) is 13.6 Å². The highest BCUT2D eigenvalue weighted by atomic mass is 16.2. The Hall–Kier alpha value is -3.18. The Morgan fingerprint density at radius 2 is 1.84 bits per heavy atom. The van der Waals surface area contributed by atoms with Gasteiger partial charge in [-0.3, -0.25) is 9.59 Å². The topological polar surface area (TPSA) is 65.2 Å². The molecule has 1 amide bonds. The highest BCUT2D eigenvalue weighted by Gasteiger charge is 2.23. The Labute approximate surface area is 183 Å². The van der Waals surface area contributed by atoms with Crippen molar-refractivity contribution in [1.29, 1.82) is 0 Å². The zero-order valence-electron chi connectivity index (χ0n) is 17.9. The van der Waals surface area contributed by atoms with Crippen LogP contribution in [0.15, 0.2) is 71.5 Å². The van der Waals surface area contributed by atoms with Crippen LogP contribution in [0.3, 0.4) is 0 Å². The number of carbonyl (C=O) groups excluding carboxylic acids is 1. The number of hydrogen-bond donors (Lipinski definition) is 2. The summed E-state index contributed by atoms with van der Waals surface area (Å²) in [5.41, 5.74) is 4.37. The van der Waals surface area contributed by atoms with Crippen LogP contribution >= 0.6 is 0 Å². The number of pyridine rings is 1. The third-order valence-corrected chi connectivity index (χ3v) is 5.95. The molecule has 5 nitrogen and oxygen atoms in total. The molecule has 0 aliphatic heterocycles. The van der Waals surface area contributed by atoms with E-state index in [-0.39, 0.29) is 23.1 Å². The molecule has 0 radical (unpaired) electrons. The number of nitrogens with zero attached hydrogens (tertiary/aromatic N) is 1. The van der Waals surface area contributed by atoms with Gasteiger partial charge in [-0.1, -0.05) is 54.6 Å². The number of carbonyl (C=O) groups is 1. The lowest BCUT2D eigenvalue weighted by Crippen LogP contribution is -2.34. The first-order chi connectivity index (χ1) is 15.1. The fraction of sp³-hybridized carbons (Fsp3) is 0.308. The number of aromatic nitrogens is 1. The number of benzene rings is 2. The molecule has 1 aromatic heterocycles. The summed E-state index contributed by atoms with van der Waals surface area (Å²) in [5, 5.41) is 3.06. The number of H-pyrrole nitrogens is 1. The number of aromatic amines is 1. The van der Waals surface area contributed by atoms with E-state index in [9.17, 15) is 9.59 Å². The van der Waals surface area contributed by atoms with Crippen molar-refractivity contribution in [3.63, 3.8) is 0 Å². The van der Waals surface area contributed by atoms with Crippen LogP contribution in [-0.2, 0) is 19.4 Å². The molecule has 5 heteroatoms. The van der Waals surface area contributed by atoms with Crippen molar-refractivity contribution >= 4 is 5.91 Å². The molecular weight excluding hydrogens is 386 g/mol. The third-order valence-electron chi connectivity index (χ3n) is 5.95. The molecule has 0 bridgehead atoms. The van der Waals surface area contributed by atoms with Crippen molar-refractivity contribution in [2.24, 2.45) is 0 Å². The van der Waals surface area contributed by atoms with Crippen molar-refractivity contribution in [3.05, 3.63) is 105 Å². The molecule has 0 spiro atoms. The molecule has 2 aromatic carbocycles. The quantitative estimate of drug-likeness (QED) is 0.616. The molecule has 160 valence electrons. The van der Waals surface area contributed by atoms with Gasteiger partial charge < -0.3 is 15.2 Å². The van der Waals surface area contributed by atoms with Gasteiger partial charge in [0.1, 0.15) is 5.56 Å². The number of fused-ring (bicyclic) bond motifs is 1. The smallest absolute Gasteiger partial charge is 0.261 e. The highest BCUT2D eigenvalue weighted by Crippen LogP contribution is 2.29. The average molecular weight is 416 g/mol. The summed E-state index contributed by atoms with van der Waals surface area (Å²) in [4.78, 5) is 30.4. The number of likely N-dealkylation sites (N-methyl/N-ethyl adjacent to an activating group) is 1. The third kappa shape index (κ3) is 5.30. The number of hydrogen-bond acceptors (Lipinski definition) is 3. The van der Waals surface area contributed by atoms with Crippen LogP contribution in [0, 0.1) is 0 Å². The van der Waals surface area contributed by atoms with E-state index in [0.29, 0.717) is 6.54 Å². The van der Waals surface area contributed by atoms with Gasteiger partial charge in [-0.25, -0.2) is 0 Å². The van der Waals surface area contributed by atoms with Crippen LogP contribution in [0.2, 0.25) is 0 Å². The number of rotatable bonds is 7. The summed E-state index contributed by atoms with van der Waals surface area (Å²) < 4.78 is 0. The molecule has 2 N–H and O–H groups in total. The Morgan fingerprint density at radius 3 is 2.65 bits per heavy atom. The summed E-state index contributed by atoms with van der Waals surface area (Å²) in [6, 6.07) is 22.0. The van der Waals surface area contributed by atoms with Gasteiger partial charge in [0.05, 0.1) is 6.04 Å². The molecule has 0 saturated heterocycles. The Balaban J connectivity index is 1.37. The largest absolute Gasteiger partial charge is 0.345 e. The van der Waals surface area contributed by atoms with E-state index in [4.69, 9.17) is 0 Å². The van der Waals surface area contributed by atoms with Crippen molar-refractivity contribution in [2.45, 2.75) is 38.3 Å². The average Bonchev–Trinajstić information content (AvgIpc) is 2.79. The lowest BCUT2D eigenvalue weighted by atomic mass is 9.87. The van der Waals surface area contributed by atoms with Crippen molar-refractivity contribution < 1.29 is 4.79 Å². The predicted octanol–water partition coefficient (Wildman–Crippen LogP) is 3.86. The minimum atomic E-state index is -0.337. The molecule has 1 aliphatic rings. The summed E-state index contributed by atoms with van der Waals surface area (Å²) in [7, 11) is 2.03. The Morgan fingerprint density at radius 1 is 1.06 bits per heavy atom. The maximum Gasteiger partial charge on any atom is 0.261 e. The van der Waals surface area contributed by atoms with E-state index in [1.54, 1.807) is 6.07 Å². The molecule has 0 fully saturated rings. The van der Waals surface area contributed by atoms with E-state index < -0.39 is 0 Å². The molecular formula is C26H29N3O2. The normalized spacial score (nSPS) is 15.5. The summed E-state index contributed by atoms with van der Waals surface area (Å²) in [6.45, 7) is 1.51. The monoisotopic (exact) mass is 415 g/mol. The molecule has 1 aliphatic carbocycles. The van der Waals surface area contributed by atoms with Crippen molar-refractivity contribution in [3.8, 4) is 0 Å². The molecule has 0 unspecified atom stereocenters. The first-order valence-corrected chi connectivity index (χ1v) is 10.9. The zero-order chi connectivity index (χ0) is 21.6. The predicted molar refractivity (Wildman–Crippen MR) is 123 cm³/mol. The van der Waals surface area contributed by atoms with Crippen LogP contribution in [0.5, 0.6) is 0 Å². The molecule has 1 heterocycles. The van der Waals surface area contributed by atoms with Gasteiger partial charge in [0.2, 0.25) is 0 Å². The van der Waals surface area contributed by atoms with Crippen molar-refractivity contribution in [1.82, 2.24) is 15.2 Å². The van der Waals surface area contributed by atoms with E-state index in [1.807, 2.05) is 43.4 Å². The van der Waals surface area contributed by atoms with Gasteiger partial charge in [-0.2, -0.15) is 0 Å². The fourth-order valence-electron chi connectivity index (χ4n) is 4.26. The maximum atomic E-state index is 12.8. The van der Waals surface area contributed by atoms with Crippen LogP contribution in [0.1, 0.15) is 51.6 Å². The minimum absolute atomic E-state index is 0.0411. The lowest BCUT2D eigenvalue weighted by Gasteiger charge is -2.26. The molecule has 3 aromatic rings. The van der Waals surface area contributed by atoms with Gasteiger partial charge in [0.15, 0.2) is 0 Å². The fourth-order valence-corrected chi connectivity index (χ4v) is 4.26. The van der Waals surface area contributed by atoms with Gasteiger partial charge in [-0.15, -0.1) is 0 Å². The standard InChI is InChI=1S/C26H29N3O2/c1-29(17-16-19-8-3-2-4-9-19)18-21-14-15-23(25(30)27-21)26(31)28-24-13-7-11-20-10-5-6-12-22(20)24/h2-6,8-10,12,14-15,24H,7,11,13,16-18H2,1H3,(H,27,30)(H,28,31)/t24-/m1/s1. The summed E-state index contributed by atoms with van der Waals surface area (Å²) >= 11 is 0. The number of amides is 1. The van der Waals surface area contributed by atoms with Crippen LogP contribution in [0.4, 0.5) is 0 Å². The SMILES string of the molecule is CN(CCc1ccccc1)Cc1ccc(C(=O)N[C@@H]2CCCc3ccccc32)c(=O)[nH]1. The zero-order valence-corrected chi connectivity index (χ0v) is 17.9. The second kappa shape index (κ2) is 9.75. The maximum absolute atomic E-state index is 12.8. The van der Waals surface area contributed by atoms with E-state index in [1.165, 1.54) is 11.1 Å². The first-order valence-electron chi connectivity index (χ1n) is 10.9. The van der Waals surface area contributed by atoms with Gasteiger partial charge in [-0.05, 0) is 61.6 Å². The van der Waals surface area contributed by atoms with Crippen LogP contribution in [0.25, 0.3) is 0 Å². The number of aryl methyl sites for hydroxylation is 1. The first kappa shape index (κ1) is 21.1. The molecule has 0 saturated carbocycles. The lowest BCUT2D eigenvalue weighted by molar-refractivity contribution is 0.0931. The van der Waals surface area contributed by atoms with Crippen LogP contribution < -0.4 is 10.9 Å². The summed E-state index contributed by atoms with van der Waals surface area (Å²) in [6.07, 6.45) is 3.91. The Kier molecular flexibility index (Phi) is 6.63. The second-order valence-electron chi connectivity index (χ2n) is 8.32. The molecule has 4 rings (SSSR count).